The molecule has 0 amide bonds. The lowest BCUT2D eigenvalue weighted by atomic mass is 10.1. The zero-order valence-electron chi connectivity index (χ0n) is 5.43. The third kappa shape index (κ3) is 6.99. The van der Waals surface area contributed by atoms with E-state index in [9.17, 15) is 4.79 Å². The average Bonchev–Trinajstić information content (AvgIpc) is 1.59. The Morgan fingerprint density at radius 2 is 2.11 bits per heavy atom. The van der Waals surface area contributed by atoms with E-state index >= 15 is 0 Å². The summed E-state index contributed by atoms with van der Waals surface area (Å²) in [6, 6.07) is 0. The molecule has 0 aromatic heterocycles. The summed E-state index contributed by atoms with van der Waals surface area (Å²) in [5, 5.41) is 8.05. The van der Waals surface area contributed by atoms with E-state index in [-0.39, 0.29) is 0 Å². The molecule has 0 saturated heterocycles. The molecule has 0 bridgehead atoms. The zero-order chi connectivity index (χ0) is 7.49. The van der Waals surface area contributed by atoms with E-state index in [0.29, 0.717) is 0 Å². The molecule has 0 aromatic carbocycles. The van der Waals surface area contributed by atoms with Crippen LogP contribution in [0.25, 0.3) is 0 Å². The van der Waals surface area contributed by atoms with Gasteiger partial charge in [-0.1, -0.05) is 5.92 Å². The number of nitrogens with two attached hydrogens (primary N) is 1. The molecule has 0 aliphatic rings. The second kappa shape index (κ2) is 2.51. The minimum Gasteiger partial charge on any atom is -0.472 e. The van der Waals surface area contributed by atoms with Crippen LogP contribution in [-0.2, 0) is 4.79 Å². The number of carbonyl (C=O) groups is 1. The van der Waals surface area contributed by atoms with E-state index in [1.807, 2.05) is 5.92 Å². The van der Waals surface area contributed by atoms with Gasteiger partial charge in [-0.05, 0) is 13.8 Å². The first kappa shape index (κ1) is 7.99. The van der Waals surface area contributed by atoms with E-state index in [1.54, 1.807) is 13.8 Å². The summed E-state index contributed by atoms with van der Waals surface area (Å²) in [6.45, 7) is 3.28. The van der Waals surface area contributed by atoms with Crippen LogP contribution in [0, 0.1) is 11.8 Å². The van der Waals surface area contributed by atoms with Crippen molar-refractivity contribution in [2.24, 2.45) is 5.73 Å². The Kier molecular flexibility index (Phi) is 2.23. The Bertz CT molecular complexity index is 168. The highest BCUT2D eigenvalue weighted by Crippen LogP contribution is 1.90. The summed E-state index contributed by atoms with van der Waals surface area (Å²) >= 11 is 0. The van der Waals surface area contributed by atoms with E-state index in [0.717, 1.165) is 0 Å². The molecular formula is C6H9NO2. The quantitative estimate of drug-likeness (QED) is 0.443. The third-order valence-electron chi connectivity index (χ3n) is 0.492. The largest absolute Gasteiger partial charge is 0.472 e. The molecule has 0 saturated carbocycles. The molecule has 0 aliphatic heterocycles. The molecule has 0 atom stereocenters. The van der Waals surface area contributed by atoms with Crippen molar-refractivity contribution in [3.05, 3.63) is 0 Å². The van der Waals surface area contributed by atoms with Crippen molar-refractivity contribution < 1.29 is 9.90 Å². The predicted molar refractivity (Wildman–Crippen MR) is 33.7 cm³/mol. The van der Waals surface area contributed by atoms with E-state index in [2.05, 4.69) is 5.92 Å². The number of hydrogen-bond acceptors (Lipinski definition) is 2. The van der Waals surface area contributed by atoms with Crippen molar-refractivity contribution in [1.29, 1.82) is 0 Å². The highest BCUT2D eigenvalue weighted by molar-refractivity contribution is 5.86. The van der Waals surface area contributed by atoms with Gasteiger partial charge >= 0.3 is 5.97 Å². The van der Waals surface area contributed by atoms with Gasteiger partial charge in [-0.3, -0.25) is 0 Å². The molecular weight excluding hydrogens is 118 g/mol. The molecule has 0 fully saturated rings. The van der Waals surface area contributed by atoms with E-state index in [1.165, 1.54) is 0 Å². The third-order valence-corrected chi connectivity index (χ3v) is 0.492. The monoisotopic (exact) mass is 127 g/mol. The number of hydrogen-bond donors (Lipinski definition) is 2. The maximum Gasteiger partial charge on any atom is 0.381 e. The fourth-order valence-corrected chi connectivity index (χ4v) is 0.215. The minimum atomic E-state index is -1.14. The first-order valence-electron chi connectivity index (χ1n) is 2.47. The molecule has 0 spiro atoms. The summed E-state index contributed by atoms with van der Waals surface area (Å²) in [7, 11) is 0. The average molecular weight is 127 g/mol. The topological polar surface area (TPSA) is 63.3 Å². The summed E-state index contributed by atoms with van der Waals surface area (Å²) in [5.74, 6) is 3.13. The fourth-order valence-electron chi connectivity index (χ4n) is 0.215. The lowest BCUT2D eigenvalue weighted by Gasteiger charge is -2.06. The highest BCUT2D eigenvalue weighted by atomic mass is 16.4. The maximum atomic E-state index is 9.82. The second-order valence-electron chi connectivity index (χ2n) is 2.28. The van der Waals surface area contributed by atoms with Gasteiger partial charge in [0, 0.05) is 5.92 Å². The standard InChI is InChI=1S/C6H9NO2/c1-6(2,7)4-3-5(8)9/h7H2,1-2H3,(H,8,9). The minimum absolute atomic E-state index is 0.710. The van der Waals surface area contributed by atoms with Gasteiger partial charge in [0.15, 0.2) is 0 Å². The molecule has 3 N–H and O–H groups in total. The second-order valence-corrected chi connectivity index (χ2v) is 2.28. The smallest absolute Gasteiger partial charge is 0.381 e. The van der Waals surface area contributed by atoms with Gasteiger partial charge in [0.1, 0.15) is 0 Å². The van der Waals surface area contributed by atoms with Gasteiger partial charge < -0.3 is 10.8 Å². The molecule has 9 heavy (non-hydrogen) atoms. The first-order valence-corrected chi connectivity index (χ1v) is 2.47. The van der Waals surface area contributed by atoms with Crippen LogP contribution in [0.15, 0.2) is 0 Å². The lowest BCUT2D eigenvalue weighted by molar-refractivity contribution is -0.130. The van der Waals surface area contributed by atoms with Gasteiger partial charge in [0.25, 0.3) is 0 Å². The summed E-state index contributed by atoms with van der Waals surface area (Å²) in [4.78, 5) is 9.82. The maximum absolute atomic E-state index is 9.82. The zero-order valence-corrected chi connectivity index (χ0v) is 5.43. The molecule has 0 rings (SSSR count). The normalized spacial score (nSPS) is 9.67. The summed E-state index contributed by atoms with van der Waals surface area (Å²) in [5.41, 5.74) is 4.64. The van der Waals surface area contributed by atoms with Gasteiger partial charge in [-0.15, -0.1) is 0 Å². The van der Waals surface area contributed by atoms with Crippen LogP contribution >= 0.6 is 0 Å². The Hall–Kier alpha value is -1.01. The SMILES string of the molecule is CC(C)(N)C#CC(=O)O. The Morgan fingerprint density at radius 1 is 1.67 bits per heavy atom. The fraction of sp³-hybridized carbons (Fsp3) is 0.500. The van der Waals surface area contributed by atoms with Crippen LogP contribution < -0.4 is 5.73 Å². The first-order chi connectivity index (χ1) is 3.92. The Labute approximate surface area is 53.9 Å². The van der Waals surface area contributed by atoms with E-state index in [4.69, 9.17) is 10.8 Å². The van der Waals surface area contributed by atoms with Crippen molar-refractivity contribution in [3.63, 3.8) is 0 Å². The van der Waals surface area contributed by atoms with Crippen LogP contribution in [0.2, 0.25) is 0 Å². The van der Waals surface area contributed by atoms with Crippen molar-refractivity contribution >= 4 is 5.97 Å². The van der Waals surface area contributed by atoms with Crippen molar-refractivity contribution in [2.45, 2.75) is 19.4 Å². The molecule has 0 heterocycles. The molecule has 3 heteroatoms. The summed E-state index contributed by atoms with van der Waals surface area (Å²) in [6.07, 6.45) is 0. The van der Waals surface area contributed by atoms with Gasteiger partial charge in [0.2, 0.25) is 0 Å². The Balaban J connectivity index is 4.04. The van der Waals surface area contributed by atoms with E-state index < -0.39 is 11.5 Å². The van der Waals surface area contributed by atoms with Crippen molar-refractivity contribution in [1.82, 2.24) is 0 Å². The van der Waals surface area contributed by atoms with Gasteiger partial charge in [0.05, 0.1) is 5.54 Å². The number of aliphatic carboxylic acids is 1. The van der Waals surface area contributed by atoms with Gasteiger partial charge in [-0.2, -0.15) is 0 Å². The van der Waals surface area contributed by atoms with Crippen LogP contribution in [0.5, 0.6) is 0 Å². The predicted octanol–water partition coefficient (Wildman–Crippen LogP) is -0.188. The van der Waals surface area contributed by atoms with Crippen LogP contribution in [-0.4, -0.2) is 16.6 Å². The number of carboxylic acid groups (broad SMARTS) is 1. The number of rotatable bonds is 0. The number of carboxylic acids is 1. The molecule has 0 aliphatic carbocycles. The highest BCUT2D eigenvalue weighted by Gasteiger charge is 2.03. The van der Waals surface area contributed by atoms with Crippen LogP contribution in [0.1, 0.15) is 13.8 Å². The molecule has 0 radical (unpaired) electrons. The molecule has 0 unspecified atom stereocenters. The molecule has 3 nitrogen and oxygen atoms in total. The Morgan fingerprint density at radius 3 is 2.22 bits per heavy atom. The molecule has 0 aromatic rings. The van der Waals surface area contributed by atoms with Crippen molar-refractivity contribution in [3.8, 4) is 11.8 Å². The lowest BCUT2D eigenvalue weighted by Crippen LogP contribution is -2.29. The summed E-state index contributed by atoms with van der Waals surface area (Å²) < 4.78 is 0. The van der Waals surface area contributed by atoms with Crippen LogP contribution in [0.4, 0.5) is 0 Å². The van der Waals surface area contributed by atoms with Gasteiger partial charge in [-0.25, -0.2) is 4.79 Å². The van der Waals surface area contributed by atoms with Crippen LogP contribution in [0.3, 0.4) is 0 Å². The molecule has 50 valence electrons. The van der Waals surface area contributed by atoms with Crippen molar-refractivity contribution in [2.75, 3.05) is 0 Å².